The van der Waals surface area contributed by atoms with Crippen LogP contribution in [0.5, 0.6) is 0 Å². The number of piperidine rings is 1. The number of aromatic nitrogens is 1. The lowest BCUT2D eigenvalue weighted by atomic mass is 9.94. The number of nitrogens with zero attached hydrogens (tertiary/aromatic N) is 2. The number of pyridine rings is 1. The van der Waals surface area contributed by atoms with Crippen molar-refractivity contribution in [1.82, 2.24) is 4.98 Å². The summed E-state index contributed by atoms with van der Waals surface area (Å²) < 4.78 is 0. The zero-order chi connectivity index (χ0) is 13.2. The SMILES string of the molecule is CCC1CCN(c2ccc3cc(N)ccc3n2)CC1. The average Bonchev–Trinajstić information content (AvgIpc) is 2.47. The Morgan fingerprint density at radius 1 is 1.21 bits per heavy atom. The highest BCUT2D eigenvalue weighted by Crippen LogP contribution is 2.25. The predicted octanol–water partition coefficient (Wildman–Crippen LogP) is 3.44. The van der Waals surface area contributed by atoms with E-state index in [1.165, 1.54) is 19.3 Å². The van der Waals surface area contributed by atoms with E-state index < -0.39 is 0 Å². The highest BCUT2D eigenvalue weighted by Gasteiger charge is 2.18. The molecule has 0 aliphatic carbocycles. The van der Waals surface area contributed by atoms with E-state index in [4.69, 9.17) is 10.7 Å². The summed E-state index contributed by atoms with van der Waals surface area (Å²) in [7, 11) is 0. The van der Waals surface area contributed by atoms with Crippen molar-refractivity contribution in [3.8, 4) is 0 Å². The third-order valence-electron chi connectivity index (χ3n) is 4.21. The van der Waals surface area contributed by atoms with Crippen LogP contribution in [0.4, 0.5) is 11.5 Å². The molecule has 2 N–H and O–H groups in total. The molecule has 1 aliphatic heterocycles. The van der Waals surface area contributed by atoms with Gasteiger partial charge in [-0.1, -0.05) is 13.3 Å². The molecule has 1 fully saturated rings. The Morgan fingerprint density at radius 2 is 2.00 bits per heavy atom. The van der Waals surface area contributed by atoms with Gasteiger partial charge in [0.2, 0.25) is 0 Å². The number of rotatable bonds is 2. The maximum atomic E-state index is 5.80. The molecule has 1 aromatic heterocycles. The minimum atomic E-state index is 0.797. The van der Waals surface area contributed by atoms with Crippen molar-refractivity contribution in [2.45, 2.75) is 26.2 Å². The van der Waals surface area contributed by atoms with E-state index in [-0.39, 0.29) is 0 Å². The van der Waals surface area contributed by atoms with E-state index in [9.17, 15) is 0 Å². The maximum absolute atomic E-state index is 5.80. The Hall–Kier alpha value is -1.77. The van der Waals surface area contributed by atoms with Gasteiger partial charge in [0.1, 0.15) is 5.82 Å². The summed E-state index contributed by atoms with van der Waals surface area (Å²) in [4.78, 5) is 7.17. The molecule has 19 heavy (non-hydrogen) atoms. The van der Waals surface area contributed by atoms with E-state index in [0.717, 1.165) is 41.4 Å². The monoisotopic (exact) mass is 255 g/mol. The lowest BCUT2D eigenvalue weighted by molar-refractivity contribution is 0.394. The second-order valence-electron chi connectivity index (χ2n) is 5.46. The molecule has 3 nitrogen and oxygen atoms in total. The van der Waals surface area contributed by atoms with Gasteiger partial charge >= 0.3 is 0 Å². The standard InChI is InChI=1S/C16H21N3/c1-2-12-7-9-19(10-8-12)16-6-3-13-11-14(17)4-5-15(13)18-16/h3-6,11-12H,2,7-10,17H2,1H3. The van der Waals surface area contributed by atoms with E-state index in [1.54, 1.807) is 0 Å². The van der Waals surface area contributed by atoms with Crippen LogP contribution in [0, 0.1) is 5.92 Å². The molecule has 1 aromatic carbocycles. The van der Waals surface area contributed by atoms with Gasteiger partial charge in [0, 0.05) is 24.2 Å². The van der Waals surface area contributed by atoms with Crippen molar-refractivity contribution >= 4 is 22.4 Å². The molecule has 0 bridgehead atoms. The Morgan fingerprint density at radius 3 is 2.74 bits per heavy atom. The van der Waals surface area contributed by atoms with Crippen molar-refractivity contribution in [2.75, 3.05) is 23.7 Å². The number of fused-ring (bicyclic) bond motifs is 1. The van der Waals surface area contributed by atoms with E-state index >= 15 is 0 Å². The number of hydrogen-bond acceptors (Lipinski definition) is 3. The van der Waals surface area contributed by atoms with Crippen molar-refractivity contribution < 1.29 is 0 Å². The molecule has 2 heterocycles. The number of anilines is 2. The minimum Gasteiger partial charge on any atom is -0.399 e. The van der Waals surface area contributed by atoms with Gasteiger partial charge < -0.3 is 10.6 Å². The second-order valence-corrected chi connectivity index (χ2v) is 5.46. The van der Waals surface area contributed by atoms with Gasteiger partial charge in [-0.15, -0.1) is 0 Å². The van der Waals surface area contributed by atoms with Crippen molar-refractivity contribution in [1.29, 1.82) is 0 Å². The quantitative estimate of drug-likeness (QED) is 0.836. The maximum Gasteiger partial charge on any atom is 0.129 e. The number of nitrogens with two attached hydrogens (primary N) is 1. The van der Waals surface area contributed by atoms with Crippen LogP contribution >= 0.6 is 0 Å². The molecule has 3 heteroatoms. The summed E-state index contributed by atoms with van der Waals surface area (Å²) in [6.45, 7) is 4.55. The molecule has 0 atom stereocenters. The number of benzene rings is 1. The summed E-state index contributed by atoms with van der Waals surface area (Å²) >= 11 is 0. The van der Waals surface area contributed by atoms with E-state index in [1.807, 2.05) is 18.2 Å². The van der Waals surface area contributed by atoms with Crippen molar-refractivity contribution in [3.05, 3.63) is 30.3 Å². The van der Waals surface area contributed by atoms with Crippen LogP contribution in [0.2, 0.25) is 0 Å². The minimum absolute atomic E-state index is 0.797. The predicted molar refractivity (Wildman–Crippen MR) is 81.4 cm³/mol. The molecule has 2 aromatic rings. The first-order valence-electron chi connectivity index (χ1n) is 7.17. The fraction of sp³-hybridized carbons (Fsp3) is 0.438. The van der Waals surface area contributed by atoms with Crippen LogP contribution in [-0.2, 0) is 0 Å². The first-order valence-corrected chi connectivity index (χ1v) is 7.17. The van der Waals surface area contributed by atoms with E-state index in [0.29, 0.717) is 0 Å². The molecular formula is C16H21N3. The first kappa shape index (κ1) is 12.3. The fourth-order valence-electron chi connectivity index (χ4n) is 2.88. The van der Waals surface area contributed by atoms with Crippen LogP contribution in [0.3, 0.4) is 0 Å². The molecule has 3 rings (SSSR count). The fourth-order valence-corrected chi connectivity index (χ4v) is 2.88. The molecule has 0 unspecified atom stereocenters. The third kappa shape index (κ3) is 2.50. The van der Waals surface area contributed by atoms with Crippen LogP contribution in [0.15, 0.2) is 30.3 Å². The van der Waals surface area contributed by atoms with Gasteiger partial charge in [-0.05, 0) is 49.1 Å². The lowest BCUT2D eigenvalue weighted by Crippen LogP contribution is -2.33. The van der Waals surface area contributed by atoms with Gasteiger partial charge in [0.15, 0.2) is 0 Å². The highest BCUT2D eigenvalue weighted by molar-refractivity contribution is 5.83. The lowest BCUT2D eigenvalue weighted by Gasteiger charge is -2.32. The van der Waals surface area contributed by atoms with Crippen molar-refractivity contribution in [2.24, 2.45) is 5.92 Å². The van der Waals surface area contributed by atoms with Gasteiger partial charge in [-0.25, -0.2) is 4.98 Å². The molecule has 100 valence electrons. The summed E-state index contributed by atoms with van der Waals surface area (Å²) in [5, 5.41) is 1.12. The Kier molecular flexibility index (Phi) is 3.28. The van der Waals surface area contributed by atoms with Crippen LogP contribution in [0.1, 0.15) is 26.2 Å². The van der Waals surface area contributed by atoms with Gasteiger partial charge in [-0.3, -0.25) is 0 Å². The molecule has 0 amide bonds. The number of nitrogen functional groups attached to an aromatic ring is 1. The number of hydrogen-bond donors (Lipinski definition) is 1. The molecule has 0 saturated carbocycles. The summed E-state index contributed by atoms with van der Waals surface area (Å²) in [6, 6.07) is 10.2. The summed E-state index contributed by atoms with van der Waals surface area (Å²) in [6.07, 6.45) is 3.88. The normalized spacial score (nSPS) is 17.0. The molecular weight excluding hydrogens is 234 g/mol. The van der Waals surface area contributed by atoms with Crippen molar-refractivity contribution in [3.63, 3.8) is 0 Å². The zero-order valence-corrected chi connectivity index (χ0v) is 11.5. The third-order valence-corrected chi connectivity index (χ3v) is 4.21. The molecule has 1 saturated heterocycles. The Labute approximate surface area is 114 Å². The molecule has 0 radical (unpaired) electrons. The van der Waals surface area contributed by atoms with Gasteiger partial charge in [0.25, 0.3) is 0 Å². The van der Waals surface area contributed by atoms with E-state index in [2.05, 4.69) is 24.0 Å². The first-order chi connectivity index (χ1) is 9.26. The average molecular weight is 255 g/mol. The molecule has 1 aliphatic rings. The highest BCUT2D eigenvalue weighted by atomic mass is 15.2. The van der Waals surface area contributed by atoms with Gasteiger partial charge in [0.05, 0.1) is 5.52 Å². The smallest absolute Gasteiger partial charge is 0.129 e. The van der Waals surface area contributed by atoms with Crippen LogP contribution in [-0.4, -0.2) is 18.1 Å². The molecule has 0 spiro atoms. The Bertz CT molecular complexity index is 571. The largest absolute Gasteiger partial charge is 0.399 e. The topological polar surface area (TPSA) is 42.1 Å². The summed E-state index contributed by atoms with van der Waals surface area (Å²) in [5.74, 6) is 2.00. The van der Waals surface area contributed by atoms with Gasteiger partial charge in [-0.2, -0.15) is 0 Å². The van der Waals surface area contributed by atoms with Crippen LogP contribution in [0.25, 0.3) is 10.9 Å². The second kappa shape index (κ2) is 5.08. The zero-order valence-electron chi connectivity index (χ0n) is 11.5. The van der Waals surface area contributed by atoms with Crippen LogP contribution < -0.4 is 10.6 Å². The Balaban J connectivity index is 1.84. The summed E-state index contributed by atoms with van der Waals surface area (Å²) in [5.41, 5.74) is 7.63.